The van der Waals surface area contributed by atoms with E-state index in [0.29, 0.717) is 18.5 Å². The van der Waals surface area contributed by atoms with Gasteiger partial charge in [0.25, 0.3) is 5.56 Å². The number of aromatic nitrogens is 1. The smallest absolute Gasteiger partial charge is 0.254 e. The van der Waals surface area contributed by atoms with E-state index < -0.39 is 11.0 Å². The second kappa shape index (κ2) is 9.03. The predicted octanol–water partition coefficient (Wildman–Crippen LogP) is 3.52. The van der Waals surface area contributed by atoms with Crippen LogP contribution >= 0.6 is 0 Å². The molecule has 5 unspecified atom stereocenters. The molecule has 162 valence electrons. The molecule has 0 aromatic carbocycles. The van der Waals surface area contributed by atoms with Crippen LogP contribution in [0.1, 0.15) is 69.7 Å². The lowest BCUT2D eigenvalue weighted by Crippen LogP contribution is -2.49. The van der Waals surface area contributed by atoms with Crippen molar-refractivity contribution in [1.82, 2.24) is 9.29 Å². The van der Waals surface area contributed by atoms with Crippen LogP contribution in [0.3, 0.4) is 0 Å². The molecule has 1 aromatic heterocycles. The lowest BCUT2D eigenvalue weighted by atomic mass is 9.83. The summed E-state index contributed by atoms with van der Waals surface area (Å²) in [6.07, 6.45) is 8.25. The van der Waals surface area contributed by atoms with Gasteiger partial charge in [-0.2, -0.15) is 0 Å². The fourth-order valence-electron chi connectivity index (χ4n) is 5.44. The number of hydrogen-bond acceptors (Lipinski definition) is 3. The Kier molecular flexibility index (Phi) is 6.62. The van der Waals surface area contributed by atoms with E-state index in [1.54, 1.807) is 0 Å². The molecule has 1 aliphatic heterocycles. The number of fused-ring (bicyclic) bond motifs is 1. The third-order valence-corrected chi connectivity index (χ3v) is 8.53. The highest BCUT2D eigenvalue weighted by Crippen LogP contribution is 2.49. The molecule has 1 N–H and O–H groups in total. The molecular weight excluding hydrogens is 384 g/mol. The fraction of sp³-hybridized carbons (Fsp3) is 0.783. The zero-order chi connectivity index (χ0) is 20.5. The van der Waals surface area contributed by atoms with Crippen LogP contribution in [0.15, 0.2) is 16.9 Å². The van der Waals surface area contributed by atoms with E-state index in [1.165, 1.54) is 19.3 Å². The van der Waals surface area contributed by atoms with Gasteiger partial charge in [-0.15, -0.1) is 0 Å². The molecule has 29 heavy (non-hydrogen) atoms. The highest BCUT2D eigenvalue weighted by atomic mass is 32.2. The van der Waals surface area contributed by atoms with Crippen LogP contribution in [0.2, 0.25) is 0 Å². The van der Waals surface area contributed by atoms with Crippen molar-refractivity contribution < 1.29 is 8.95 Å². The van der Waals surface area contributed by atoms with Crippen molar-refractivity contribution in [3.63, 3.8) is 0 Å². The molecule has 1 aromatic rings. The minimum absolute atomic E-state index is 0.00596. The van der Waals surface area contributed by atoms with Gasteiger partial charge in [0.15, 0.2) is 0 Å². The quantitative estimate of drug-likeness (QED) is 0.734. The van der Waals surface area contributed by atoms with Crippen molar-refractivity contribution in [1.29, 1.82) is 0 Å². The number of ether oxygens (including phenoxy) is 1. The van der Waals surface area contributed by atoms with Crippen molar-refractivity contribution in [3.05, 3.63) is 33.7 Å². The van der Waals surface area contributed by atoms with Gasteiger partial charge >= 0.3 is 0 Å². The van der Waals surface area contributed by atoms with Gasteiger partial charge in [0.2, 0.25) is 0 Å². The number of pyridine rings is 1. The number of nitrogens with one attached hydrogen (secondary N) is 1. The summed E-state index contributed by atoms with van der Waals surface area (Å²) in [5.74, 6) is 3.35. The summed E-state index contributed by atoms with van der Waals surface area (Å²) in [5.41, 5.74) is 1.90. The number of nitrogens with zero attached hydrogens (tertiary/aromatic N) is 1. The van der Waals surface area contributed by atoms with Gasteiger partial charge in [-0.3, -0.25) is 4.79 Å². The third kappa shape index (κ3) is 4.70. The Labute approximate surface area is 177 Å². The van der Waals surface area contributed by atoms with Gasteiger partial charge in [-0.05, 0) is 75.7 Å². The Hall–Kier alpha value is -0.980. The lowest BCUT2D eigenvalue weighted by Gasteiger charge is -2.37. The largest absolute Gasteiger partial charge is 0.376 e. The Bertz CT molecular complexity index is 800. The molecule has 2 fully saturated rings. The Morgan fingerprint density at radius 1 is 1.21 bits per heavy atom. The molecule has 0 saturated heterocycles. The molecule has 2 saturated carbocycles. The third-order valence-electron chi connectivity index (χ3n) is 7.44. The minimum Gasteiger partial charge on any atom is -0.376 e. The fourth-order valence-corrected chi connectivity index (χ4v) is 6.22. The van der Waals surface area contributed by atoms with Crippen molar-refractivity contribution in [2.24, 2.45) is 17.8 Å². The van der Waals surface area contributed by atoms with Gasteiger partial charge in [0.05, 0.1) is 29.7 Å². The molecule has 0 radical (unpaired) electrons. The summed E-state index contributed by atoms with van der Waals surface area (Å²) in [7, 11) is -1.07. The van der Waals surface area contributed by atoms with Gasteiger partial charge < -0.3 is 9.30 Å². The molecular formula is C23H36N2O3S. The van der Waals surface area contributed by atoms with Crippen LogP contribution in [0.4, 0.5) is 0 Å². The number of hydrogen-bond donors (Lipinski definition) is 1. The maximum absolute atomic E-state index is 12.9. The van der Waals surface area contributed by atoms with E-state index in [2.05, 4.69) is 17.7 Å². The number of aryl methyl sites for hydroxylation is 2. The average molecular weight is 421 g/mol. The van der Waals surface area contributed by atoms with Crippen molar-refractivity contribution >= 4 is 11.0 Å². The highest BCUT2D eigenvalue weighted by Gasteiger charge is 2.41. The van der Waals surface area contributed by atoms with Gasteiger partial charge in [-0.1, -0.05) is 19.9 Å². The zero-order valence-corrected chi connectivity index (χ0v) is 18.9. The van der Waals surface area contributed by atoms with Crippen LogP contribution < -0.4 is 10.3 Å². The standard InChI is InChI=1S/C23H36N2O3S/c1-4-29(27)24-21-12-9-18-8-5-15(2)23(26)25(18)22(21)14-28-19-10-6-17(7-11-19)20-13-16(20)3/h5,8,16-17,19-22,24H,4,6-7,9-14H2,1-3H3. The van der Waals surface area contributed by atoms with Crippen molar-refractivity contribution in [2.45, 2.75) is 83.9 Å². The van der Waals surface area contributed by atoms with Crippen LogP contribution in [0.5, 0.6) is 0 Å². The second-order valence-electron chi connectivity index (χ2n) is 9.39. The summed E-state index contributed by atoms with van der Waals surface area (Å²) < 4.78 is 23.8. The van der Waals surface area contributed by atoms with E-state index in [4.69, 9.17) is 4.74 Å². The Morgan fingerprint density at radius 3 is 2.59 bits per heavy atom. The first-order valence-electron chi connectivity index (χ1n) is 11.4. The summed E-state index contributed by atoms with van der Waals surface area (Å²) in [5, 5.41) is 0. The van der Waals surface area contributed by atoms with Crippen LogP contribution in [0.25, 0.3) is 0 Å². The van der Waals surface area contributed by atoms with Crippen molar-refractivity contribution in [2.75, 3.05) is 12.4 Å². The van der Waals surface area contributed by atoms with Crippen molar-refractivity contribution in [3.8, 4) is 0 Å². The molecule has 5 nitrogen and oxygen atoms in total. The Morgan fingerprint density at radius 2 is 1.93 bits per heavy atom. The summed E-state index contributed by atoms with van der Waals surface area (Å²) in [6.45, 7) is 6.68. The number of rotatable bonds is 7. The summed E-state index contributed by atoms with van der Waals surface area (Å²) in [6, 6.07) is 3.90. The first-order valence-corrected chi connectivity index (χ1v) is 12.8. The first-order chi connectivity index (χ1) is 14.0. The second-order valence-corrected chi connectivity index (χ2v) is 10.9. The van der Waals surface area contributed by atoms with Gasteiger partial charge in [0, 0.05) is 23.1 Å². The van der Waals surface area contributed by atoms with Crippen LogP contribution in [-0.2, 0) is 22.1 Å². The first kappa shape index (κ1) is 21.3. The SMILES string of the molecule is CCS(=O)NC1CCc2ccc(C)c(=O)n2C1COC1CCC(C2CC2C)CC1. The molecule has 0 spiro atoms. The molecule has 0 bridgehead atoms. The molecule has 4 rings (SSSR count). The maximum Gasteiger partial charge on any atom is 0.254 e. The lowest BCUT2D eigenvalue weighted by molar-refractivity contribution is -0.00867. The highest BCUT2D eigenvalue weighted by molar-refractivity contribution is 7.83. The molecule has 5 atom stereocenters. The predicted molar refractivity (Wildman–Crippen MR) is 117 cm³/mol. The van der Waals surface area contributed by atoms with E-state index in [9.17, 15) is 9.00 Å². The Balaban J connectivity index is 1.45. The maximum atomic E-state index is 12.9. The van der Waals surface area contributed by atoms with Crippen LogP contribution in [0, 0.1) is 24.7 Å². The summed E-state index contributed by atoms with van der Waals surface area (Å²) in [4.78, 5) is 12.9. The molecule has 3 aliphatic rings. The monoisotopic (exact) mass is 420 g/mol. The topological polar surface area (TPSA) is 60.3 Å². The van der Waals surface area contributed by atoms with E-state index in [0.717, 1.165) is 54.7 Å². The average Bonchev–Trinajstić information content (AvgIpc) is 3.46. The molecule has 2 heterocycles. The van der Waals surface area contributed by atoms with E-state index in [-0.39, 0.29) is 17.6 Å². The van der Waals surface area contributed by atoms with Crippen LogP contribution in [-0.4, -0.2) is 33.3 Å². The zero-order valence-electron chi connectivity index (χ0n) is 18.1. The van der Waals surface area contributed by atoms with E-state index >= 15 is 0 Å². The summed E-state index contributed by atoms with van der Waals surface area (Å²) >= 11 is 0. The molecule has 0 amide bonds. The van der Waals surface area contributed by atoms with Gasteiger partial charge in [-0.25, -0.2) is 8.93 Å². The van der Waals surface area contributed by atoms with Gasteiger partial charge in [0.1, 0.15) is 0 Å². The molecule has 2 aliphatic carbocycles. The molecule has 6 heteroatoms. The minimum atomic E-state index is -1.07. The van der Waals surface area contributed by atoms with E-state index in [1.807, 2.05) is 24.5 Å². The normalized spacial score (nSPS) is 35.1.